The van der Waals surface area contributed by atoms with Crippen LogP contribution in [0.3, 0.4) is 0 Å². The van der Waals surface area contributed by atoms with Gasteiger partial charge in [-0.05, 0) is 19.1 Å². The second kappa shape index (κ2) is 2.85. The van der Waals surface area contributed by atoms with E-state index in [4.69, 9.17) is 11.6 Å². The molecular formula is C9H7ClN2O. The molecule has 0 N–H and O–H groups in total. The van der Waals surface area contributed by atoms with Crippen LogP contribution in [0.15, 0.2) is 24.5 Å². The van der Waals surface area contributed by atoms with Gasteiger partial charge in [0.15, 0.2) is 5.78 Å². The Morgan fingerprint density at radius 3 is 3.08 bits per heavy atom. The maximum Gasteiger partial charge on any atom is 0.163 e. The zero-order valence-corrected chi connectivity index (χ0v) is 7.75. The van der Waals surface area contributed by atoms with Crippen molar-refractivity contribution in [3.05, 3.63) is 35.2 Å². The Hall–Kier alpha value is -1.35. The Labute approximate surface area is 80.0 Å². The molecule has 0 unspecified atom stereocenters. The third-order valence-corrected chi connectivity index (χ3v) is 2.15. The number of carbonyl (C=O) groups is 1. The van der Waals surface area contributed by atoms with Crippen LogP contribution in [0.1, 0.15) is 17.3 Å². The molecule has 0 aliphatic heterocycles. The van der Waals surface area contributed by atoms with Gasteiger partial charge in [-0.25, -0.2) is 4.98 Å². The highest BCUT2D eigenvalue weighted by Gasteiger charge is 2.08. The van der Waals surface area contributed by atoms with E-state index in [1.54, 1.807) is 22.7 Å². The van der Waals surface area contributed by atoms with Crippen LogP contribution in [0.25, 0.3) is 5.65 Å². The summed E-state index contributed by atoms with van der Waals surface area (Å²) in [4.78, 5) is 15.2. The molecule has 0 saturated heterocycles. The minimum atomic E-state index is -0.00660. The van der Waals surface area contributed by atoms with Gasteiger partial charge >= 0.3 is 0 Å². The monoisotopic (exact) mass is 194 g/mol. The number of rotatable bonds is 1. The number of nitrogens with zero attached hydrogens (tertiary/aromatic N) is 2. The Morgan fingerprint density at radius 2 is 2.38 bits per heavy atom. The molecule has 0 radical (unpaired) electrons. The van der Waals surface area contributed by atoms with E-state index < -0.39 is 0 Å². The largest absolute Gasteiger partial charge is 0.294 e. The van der Waals surface area contributed by atoms with Crippen molar-refractivity contribution in [3.8, 4) is 0 Å². The number of carbonyl (C=O) groups excluding carboxylic acids is 1. The molecule has 3 nitrogen and oxygen atoms in total. The van der Waals surface area contributed by atoms with Crippen LogP contribution in [0.2, 0.25) is 5.15 Å². The van der Waals surface area contributed by atoms with Crippen molar-refractivity contribution < 1.29 is 4.79 Å². The Balaban J connectivity index is 2.84. The van der Waals surface area contributed by atoms with Crippen molar-refractivity contribution in [2.24, 2.45) is 0 Å². The summed E-state index contributed by atoms with van der Waals surface area (Å²) in [5.41, 5.74) is 1.20. The van der Waals surface area contributed by atoms with Crippen LogP contribution >= 0.6 is 11.6 Å². The van der Waals surface area contributed by atoms with Gasteiger partial charge in [-0.15, -0.1) is 0 Å². The van der Waals surface area contributed by atoms with Crippen LogP contribution in [-0.4, -0.2) is 15.2 Å². The first-order valence-electron chi connectivity index (χ1n) is 3.82. The number of pyridine rings is 1. The van der Waals surface area contributed by atoms with Gasteiger partial charge in [0.1, 0.15) is 10.8 Å². The summed E-state index contributed by atoms with van der Waals surface area (Å²) in [6.07, 6.45) is 3.31. The molecule has 2 aromatic heterocycles. The molecule has 0 aromatic carbocycles. The first-order chi connectivity index (χ1) is 6.20. The zero-order valence-electron chi connectivity index (χ0n) is 6.99. The van der Waals surface area contributed by atoms with E-state index in [2.05, 4.69) is 4.98 Å². The van der Waals surface area contributed by atoms with Gasteiger partial charge < -0.3 is 0 Å². The molecule has 2 heterocycles. The van der Waals surface area contributed by atoms with Crippen molar-refractivity contribution >= 4 is 23.0 Å². The average Bonchev–Trinajstić information content (AvgIpc) is 2.48. The fraction of sp³-hybridized carbons (Fsp3) is 0.111. The van der Waals surface area contributed by atoms with Gasteiger partial charge in [-0.1, -0.05) is 11.6 Å². The maximum atomic E-state index is 11.2. The molecular weight excluding hydrogens is 188 g/mol. The Bertz CT molecular complexity index is 475. The molecule has 0 aliphatic carbocycles. The van der Waals surface area contributed by atoms with E-state index in [1.807, 2.05) is 0 Å². The van der Waals surface area contributed by atoms with E-state index in [-0.39, 0.29) is 5.78 Å². The first-order valence-corrected chi connectivity index (χ1v) is 4.20. The highest BCUT2D eigenvalue weighted by Crippen LogP contribution is 2.15. The SMILES string of the molecule is CC(=O)c1cccn2c(Cl)cnc12. The van der Waals surface area contributed by atoms with Crippen LogP contribution in [0.5, 0.6) is 0 Å². The summed E-state index contributed by atoms with van der Waals surface area (Å²) in [6, 6.07) is 3.51. The lowest BCUT2D eigenvalue weighted by atomic mass is 10.2. The maximum absolute atomic E-state index is 11.2. The predicted molar refractivity (Wildman–Crippen MR) is 50.2 cm³/mol. The summed E-state index contributed by atoms with van der Waals surface area (Å²) >= 11 is 5.84. The number of halogens is 1. The molecule has 0 saturated carbocycles. The molecule has 13 heavy (non-hydrogen) atoms. The number of imidazole rings is 1. The van der Waals surface area contributed by atoms with Gasteiger partial charge in [0, 0.05) is 6.20 Å². The smallest absolute Gasteiger partial charge is 0.163 e. The molecule has 2 rings (SSSR count). The minimum absolute atomic E-state index is 0.00660. The van der Waals surface area contributed by atoms with E-state index in [1.165, 1.54) is 13.1 Å². The summed E-state index contributed by atoms with van der Waals surface area (Å²) < 4.78 is 1.68. The van der Waals surface area contributed by atoms with Crippen LogP contribution in [0, 0.1) is 0 Å². The topological polar surface area (TPSA) is 34.4 Å². The van der Waals surface area contributed by atoms with Crippen molar-refractivity contribution in [1.29, 1.82) is 0 Å². The normalized spacial score (nSPS) is 10.6. The number of Topliss-reactive ketones (excluding diaryl/α,β-unsaturated/α-hetero) is 1. The molecule has 0 fully saturated rings. The first kappa shape index (κ1) is 8.26. The third-order valence-electron chi connectivity index (χ3n) is 1.87. The predicted octanol–water partition coefficient (Wildman–Crippen LogP) is 2.19. The van der Waals surface area contributed by atoms with E-state index >= 15 is 0 Å². The lowest BCUT2D eigenvalue weighted by molar-refractivity contribution is 0.101. The van der Waals surface area contributed by atoms with Crippen molar-refractivity contribution in [2.45, 2.75) is 6.92 Å². The Kier molecular flexibility index (Phi) is 1.81. The third kappa shape index (κ3) is 1.21. The van der Waals surface area contributed by atoms with E-state index in [0.717, 1.165) is 0 Å². The summed E-state index contributed by atoms with van der Waals surface area (Å²) in [6.45, 7) is 1.51. The van der Waals surface area contributed by atoms with E-state index in [0.29, 0.717) is 16.4 Å². The molecule has 66 valence electrons. The van der Waals surface area contributed by atoms with Gasteiger partial charge in [-0.2, -0.15) is 0 Å². The summed E-state index contributed by atoms with van der Waals surface area (Å²) in [5.74, 6) is -0.00660. The van der Waals surface area contributed by atoms with Gasteiger partial charge in [0.05, 0.1) is 11.8 Å². The van der Waals surface area contributed by atoms with Crippen LogP contribution in [-0.2, 0) is 0 Å². The standard InChI is InChI=1S/C9H7ClN2O/c1-6(13)7-3-2-4-12-8(10)5-11-9(7)12/h2-5H,1H3. The van der Waals surface area contributed by atoms with Crippen molar-refractivity contribution in [3.63, 3.8) is 0 Å². The molecule has 0 aliphatic rings. The molecule has 2 aromatic rings. The number of aromatic nitrogens is 2. The van der Waals surface area contributed by atoms with Crippen molar-refractivity contribution in [2.75, 3.05) is 0 Å². The quantitative estimate of drug-likeness (QED) is 0.653. The number of hydrogen-bond acceptors (Lipinski definition) is 2. The highest BCUT2D eigenvalue weighted by atomic mass is 35.5. The Morgan fingerprint density at radius 1 is 1.62 bits per heavy atom. The molecule has 0 atom stereocenters. The second-order valence-corrected chi connectivity index (χ2v) is 3.14. The zero-order chi connectivity index (χ0) is 9.42. The van der Waals surface area contributed by atoms with Gasteiger partial charge in [-0.3, -0.25) is 9.20 Å². The number of hydrogen-bond donors (Lipinski definition) is 0. The minimum Gasteiger partial charge on any atom is -0.294 e. The highest BCUT2D eigenvalue weighted by molar-refractivity contribution is 6.29. The molecule has 0 amide bonds. The molecule has 0 bridgehead atoms. The fourth-order valence-electron chi connectivity index (χ4n) is 1.26. The van der Waals surface area contributed by atoms with Gasteiger partial charge in [0.2, 0.25) is 0 Å². The summed E-state index contributed by atoms with van der Waals surface area (Å²) in [5, 5.41) is 0.512. The lowest BCUT2D eigenvalue weighted by Crippen LogP contribution is -1.96. The van der Waals surface area contributed by atoms with Crippen LogP contribution < -0.4 is 0 Å². The molecule has 0 spiro atoms. The van der Waals surface area contributed by atoms with E-state index in [9.17, 15) is 4.79 Å². The lowest BCUT2D eigenvalue weighted by Gasteiger charge is -1.98. The summed E-state index contributed by atoms with van der Waals surface area (Å²) in [7, 11) is 0. The average molecular weight is 195 g/mol. The number of ketones is 1. The molecule has 4 heteroatoms. The van der Waals surface area contributed by atoms with Crippen molar-refractivity contribution in [1.82, 2.24) is 9.38 Å². The fourth-order valence-corrected chi connectivity index (χ4v) is 1.44. The second-order valence-electron chi connectivity index (χ2n) is 2.75. The number of fused-ring (bicyclic) bond motifs is 1. The van der Waals surface area contributed by atoms with Gasteiger partial charge in [0.25, 0.3) is 0 Å². The van der Waals surface area contributed by atoms with Crippen LogP contribution in [0.4, 0.5) is 0 Å².